The van der Waals surface area contributed by atoms with Crippen LogP contribution in [0.1, 0.15) is 33.3 Å². The van der Waals surface area contributed by atoms with Gasteiger partial charge in [-0.3, -0.25) is 0 Å². The second-order valence-corrected chi connectivity index (χ2v) is 5.82. The van der Waals surface area contributed by atoms with Gasteiger partial charge >= 0.3 is 6.03 Å². The van der Waals surface area contributed by atoms with Crippen molar-refractivity contribution in [1.82, 2.24) is 9.80 Å². The molecule has 0 saturated heterocycles. The number of amides is 2. The topological polar surface area (TPSA) is 47.3 Å². The molecule has 4 heteroatoms. The predicted octanol–water partition coefficient (Wildman–Crippen LogP) is 3.29. The number of urea groups is 1. The van der Waals surface area contributed by atoms with Crippen LogP contribution in [0.3, 0.4) is 0 Å². The van der Waals surface area contributed by atoms with Gasteiger partial charge in [0.25, 0.3) is 0 Å². The van der Waals surface area contributed by atoms with E-state index in [0.29, 0.717) is 6.42 Å². The summed E-state index contributed by atoms with van der Waals surface area (Å²) >= 11 is 0. The summed E-state index contributed by atoms with van der Waals surface area (Å²) in [5.41, 5.74) is 1.06. The molecule has 0 unspecified atom stereocenters. The Morgan fingerprint density at radius 3 is 2.10 bits per heavy atom. The summed E-state index contributed by atoms with van der Waals surface area (Å²) in [4.78, 5) is 16.0. The summed E-state index contributed by atoms with van der Waals surface area (Å²) in [6.07, 6.45) is 0.545. The first-order valence-electron chi connectivity index (χ1n) is 7.37. The SMILES string of the molecule is CC(C)N(C(=O)N(C)[C@H](C#N)Cc1ccccc1)C(C)C. The Morgan fingerprint density at radius 1 is 1.14 bits per heavy atom. The van der Waals surface area contributed by atoms with Gasteiger partial charge < -0.3 is 9.80 Å². The Hall–Kier alpha value is -2.02. The summed E-state index contributed by atoms with van der Waals surface area (Å²) < 4.78 is 0. The van der Waals surface area contributed by atoms with Gasteiger partial charge in [0.15, 0.2) is 0 Å². The Kier molecular flexibility index (Phi) is 6.23. The van der Waals surface area contributed by atoms with Gasteiger partial charge in [-0.25, -0.2) is 4.79 Å². The van der Waals surface area contributed by atoms with Gasteiger partial charge in [0.1, 0.15) is 6.04 Å². The third-order valence-electron chi connectivity index (χ3n) is 3.52. The molecule has 0 radical (unpaired) electrons. The fraction of sp³-hybridized carbons (Fsp3) is 0.529. The maximum atomic E-state index is 12.6. The number of benzene rings is 1. The lowest BCUT2D eigenvalue weighted by molar-refractivity contribution is 0.126. The molecule has 4 nitrogen and oxygen atoms in total. The minimum absolute atomic E-state index is 0.0949. The Labute approximate surface area is 128 Å². The lowest BCUT2D eigenvalue weighted by Crippen LogP contribution is -2.51. The van der Waals surface area contributed by atoms with Gasteiger partial charge in [-0.15, -0.1) is 0 Å². The normalized spacial score (nSPS) is 12.1. The van der Waals surface area contributed by atoms with Gasteiger partial charge in [0.2, 0.25) is 0 Å². The van der Waals surface area contributed by atoms with Crippen LogP contribution in [-0.4, -0.2) is 41.0 Å². The van der Waals surface area contributed by atoms with Crippen LogP contribution in [0.4, 0.5) is 4.79 Å². The fourth-order valence-electron chi connectivity index (χ4n) is 2.46. The molecule has 114 valence electrons. The molecule has 0 saturated carbocycles. The molecule has 0 aliphatic rings. The van der Waals surface area contributed by atoms with E-state index in [9.17, 15) is 10.1 Å². The molecular formula is C17H25N3O. The molecule has 1 aromatic rings. The van der Waals surface area contributed by atoms with Crippen molar-refractivity contribution in [3.05, 3.63) is 35.9 Å². The number of carbonyl (C=O) groups excluding carboxylic acids is 1. The minimum atomic E-state index is -0.458. The maximum absolute atomic E-state index is 12.6. The average Bonchev–Trinajstić information content (AvgIpc) is 2.44. The van der Waals surface area contributed by atoms with Crippen LogP contribution in [0.15, 0.2) is 30.3 Å². The van der Waals surface area contributed by atoms with Crippen LogP contribution < -0.4 is 0 Å². The molecule has 1 aromatic carbocycles. The van der Waals surface area contributed by atoms with Crippen LogP contribution in [0.5, 0.6) is 0 Å². The zero-order valence-corrected chi connectivity index (χ0v) is 13.6. The second kappa shape index (κ2) is 7.68. The number of carbonyl (C=O) groups is 1. The highest BCUT2D eigenvalue weighted by Gasteiger charge is 2.27. The summed E-state index contributed by atoms with van der Waals surface area (Å²) in [5, 5.41) is 9.40. The third-order valence-corrected chi connectivity index (χ3v) is 3.52. The minimum Gasteiger partial charge on any atom is -0.320 e. The third kappa shape index (κ3) is 4.49. The molecule has 1 atom stereocenters. The van der Waals surface area contributed by atoms with Crippen molar-refractivity contribution in [3.8, 4) is 6.07 Å². The molecule has 1 rings (SSSR count). The molecule has 0 N–H and O–H groups in total. The van der Waals surface area contributed by atoms with Crippen LogP contribution in [0.25, 0.3) is 0 Å². The lowest BCUT2D eigenvalue weighted by Gasteiger charge is -2.36. The van der Waals surface area contributed by atoms with Gasteiger partial charge in [-0.05, 0) is 33.3 Å². The molecule has 0 heterocycles. The molecule has 0 spiro atoms. The molecule has 0 aromatic heterocycles. The Bertz CT molecular complexity index is 483. The van der Waals surface area contributed by atoms with Crippen molar-refractivity contribution in [3.63, 3.8) is 0 Å². The first kappa shape index (κ1) is 17.0. The summed E-state index contributed by atoms with van der Waals surface area (Å²) in [7, 11) is 1.71. The quantitative estimate of drug-likeness (QED) is 0.834. The first-order valence-corrected chi connectivity index (χ1v) is 7.37. The van der Waals surface area contributed by atoms with Gasteiger partial charge in [0, 0.05) is 25.6 Å². The highest BCUT2D eigenvalue weighted by molar-refractivity contribution is 5.75. The number of likely N-dealkylation sites (N-methyl/N-ethyl adjacent to an activating group) is 1. The standard InChI is InChI=1S/C17H25N3O/c1-13(2)20(14(3)4)17(21)19(5)16(12-18)11-15-9-7-6-8-10-15/h6-10,13-14,16H,11H2,1-5H3/t16-/m0/s1. The van der Waals surface area contributed by atoms with E-state index in [0.717, 1.165) is 5.56 Å². The van der Waals surface area contributed by atoms with Crippen molar-refractivity contribution in [1.29, 1.82) is 5.26 Å². The molecule has 0 aliphatic carbocycles. The van der Waals surface area contributed by atoms with Crippen molar-refractivity contribution < 1.29 is 4.79 Å². The number of hydrogen-bond donors (Lipinski definition) is 0. The second-order valence-electron chi connectivity index (χ2n) is 5.82. The largest absolute Gasteiger partial charge is 0.321 e. The zero-order valence-electron chi connectivity index (χ0n) is 13.6. The van der Waals surface area contributed by atoms with E-state index in [1.807, 2.05) is 58.0 Å². The number of hydrogen-bond acceptors (Lipinski definition) is 2. The van der Waals surface area contributed by atoms with E-state index in [4.69, 9.17) is 0 Å². The summed E-state index contributed by atoms with van der Waals surface area (Å²) in [6, 6.07) is 11.7. The van der Waals surface area contributed by atoms with Crippen molar-refractivity contribution >= 4 is 6.03 Å². The van der Waals surface area contributed by atoms with Crippen molar-refractivity contribution in [2.75, 3.05) is 7.05 Å². The zero-order chi connectivity index (χ0) is 16.0. The smallest absolute Gasteiger partial charge is 0.320 e. The van der Waals surface area contributed by atoms with E-state index < -0.39 is 6.04 Å². The number of nitriles is 1. The summed E-state index contributed by atoms with van der Waals surface area (Å²) in [6.45, 7) is 7.96. The van der Waals surface area contributed by atoms with Crippen molar-refractivity contribution in [2.45, 2.75) is 52.2 Å². The maximum Gasteiger partial charge on any atom is 0.321 e. The molecule has 0 fully saturated rings. The van der Waals surface area contributed by atoms with E-state index in [2.05, 4.69) is 6.07 Å². The molecule has 0 aliphatic heterocycles. The van der Waals surface area contributed by atoms with E-state index in [1.54, 1.807) is 16.8 Å². The lowest BCUT2D eigenvalue weighted by atomic mass is 10.1. The molecule has 0 bridgehead atoms. The van der Waals surface area contributed by atoms with Gasteiger partial charge in [-0.1, -0.05) is 30.3 Å². The van der Waals surface area contributed by atoms with E-state index >= 15 is 0 Å². The highest BCUT2D eigenvalue weighted by atomic mass is 16.2. The first-order chi connectivity index (χ1) is 9.88. The van der Waals surface area contributed by atoms with E-state index in [-0.39, 0.29) is 18.1 Å². The Balaban J connectivity index is 2.85. The average molecular weight is 287 g/mol. The van der Waals surface area contributed by atoms with Crippen LogP contribution in [0, 0.1) is 11.3 Å². The van der Waals surface area contributed by atoms with E-state index in [1.165, 1.54) is 0 Å². The molecule has 2 amide bonds. The fourth-order valence-corrected chi connectivity index (χ4v) is 2.46. The number of rotatable bonds is 5. The summed E-state index contributed by atoms with van der Waals surface area (Å²) in [5.74, 6) is 0. The number of nitrogens with zero attached hydrogens (tertiary/aromatic N) is 3. The van der Waals surface area contributed by atoms with Crippen molar-refractivity contribution in [2.24, 2.45) is 0 Å². The molecule has 21 heavy (non-hydrogen) atoms. The monoisotopic (exact) mass is 287 g/mol. The van der Waals surface area contributed by atoms with Crippen LogP contribution >= 0.6 is 0 Å². The molecular weight excluding hydrogens is 262 g/mol. The van der Waals surface area contributed by atoms with Crippen LogP contribution in [0.2, 0.25) is 0 Å². The highest BCUT2D eigenvalue weighted by Crippen LogP contribution is 2.13. The van der Waals surface area contributed by atoms with Gasteiger partial charge in [0.05, 0.1) is 6.07 Å². The van der Waals surface area contributed by atoms with Crippen LogP contribution in [-0.2, 0) is 6.42 Å². The van der Waals surface area contributed by atoms with Gasteiger partial charge in [-0.2, -0.15) is 5.26 Å². The Morgan fingerprint density at radius 2 is 1.67 bits per heavy atom. The predicted molar refractivity (Wildman–Crippen MR) is 84.8 cm³/mol.